The molecule has 2 unspecified atom stereocenters. The third kappa shape index (κ3) is 4.97. The molecule has 1 rings (SSSR count). The van der Waals surface area contributed by atoms with E-state index in [0.29, 0.717) is 12.1 Å². The van der Waals surface area contributed by atoms with Crippen LogP contribution < -0.4 is 11.1 Å². The van der Waals surface area contributed by atoms with Crippen molar-refractivity contribution in [3.8, 4) is 0 Å². The van der Waals surface area contributed by atoms with Crippen LogP contribution in [0.1, 0.15) is 65.7 Å². The first-order valence-corrected chi connectivity index (χ1v) is 7.62. The maximum absolute atomic E-state index is 11.1. The van der Waals surface area contributed by atoms with E-state index in [1.165, 1.54) is 19.3 Å². The van der Waals surface area contributed by atoms with E-state index >= 15 is 0 Å². The van der Waals surface area contributed by atoms with Gasteiger partial charge in [0.15, 0.2) is 0 Å². The van der Waals surface area contributed by atoms with E-state index in [1.807, 2.05) is 0 Å². The summed E-state index contributed by atoms with van der Waals surface area (Å²) in [7, 11) is 0. The van der Waals surface area contributed by atoms with Gasteiger partial charge in [0.1, 0.15) is 0 Å². The number of primary amides is 1. The van der Waals surface area contributed by atoms with Crippen LogP contribution >= 0.6 is 0 Å². The topological polar surface area (TPSA) is 55.1 Å². The average Bonchev–Trinajstić information content (AvgIpc) is 2.38. The molecule has 3 N–H and O–H groups in total. The summed E-state index contributed by atoms with van der Waals surface area (Å²) in [6.07, 6.45) is 7.85. The lowest BCUT2D eigenvalue weighted by Crippen LogP contribution is -2.42. The van der Waals surface area contributed by atoms with E-state index in [1.54, 1.807) is 0 Å². The van der Waals surface area contributed by atoms with Gasteiger partial charge >= 0.3 is 0 Å². The van der Waals surface area contributed by atoms with Gasteiger partial charge in [-0.05, 0) is 44.4 Å². The fourth-order valence-corrected chi connectivity index (χ4v) is 2.88. The summed E-state index contributed by atoms with van der Waals surface area (Å²) >= 11 is 0. The van der Waals surface area contributed by atoms with Crippen molar-refractivity contribution in [2.45, 2.75) is 77.8 Å². The molecule has 3 nitrogen and oxygen atoms in total. The number of carbonyl (C=O) groups is 1. The van der Waals surface area contributed by atoms with Gasteiger partial charge in [0.2, 0.25) is 5.91 Å². The number of carbonyl (C=O) groups excluding carboxylic acids is 1. The Kier molecular flexibility index (Phi) is 6.69. The minimum atomic E-state index is -0.111. The third-order valence-corrected chi connectivity index (χ3v) is 4.48. The molecule has 1 saturated carbocycles. The monoisotopic (exact) mass is 254 g/mol. The summed E-state index contributed by atoms with van der Waals surface area (Å²) in [6, 6.07) is 1.23. The van der Waals surface area contributed by atoms with Crippen molar-refractivity contribution in [3.63, 3.8) is 0 Å². The summed E-state index contributed by atoms with van der Waals surface area (Å²) in [5.74, 6) is 0.808. The van der Waals surface area contributed by atoms with E-state index in [2.05, 4.69) is 26.1 Å². The molecule has 0 spiro atoms. The van der Waals surface area contributed by atoms with Crippen LogP contribution in [-0.2, 0) is 4.79 Å². The van der Waals surface area contributed by atoms with E-state index in [4.69, 9.17) is 5.73 Å². The van der Waals surface area contributed by atoms with Crippen molar-refractivity contribution in [1.82, 2.24) is 5.32 Å². The largest absolute Gasteiger partial charge is 0.369 e. The summed E-state index contributed by atoms with van der Waals surface area (Å²) < 4.78 is 0. The number of hydrogen-bond donors (Lipinski definition) is 2. The number of nitrogens with two attached hydrogens (primary N) is 1. The fourth-order valence-electron chi connectivity index (χ4n) is 2.88. The second-order valence-corrected chi connectivity index (χ2v) is 5.97. The van der Waals surface area contributed by atoms with Crippen molar-refractivity contribution < 1.29 is 4.79 Å². The Morgan fingerprint density at radius 1 is 1.22 bits per heavy atom. The van der Waals surface area contributed by atoms with Gasteiger partial charge in [-0.25, -0.2) is 0 Å². The number of rotatable bonds is 7. The third-order valence-electron chi connectivity index (χ3n) is 4.48. The molecule has 0 aromatic heterocycles. The maximum Gasteiger partial charge on any atom is 0.220 e. The second-order valence-electron chi connectivity index (χ2n) is 5.97. The van der Waals surface area contributed by atoms with E-state index in [9.17, 15) is 4.79 Å². The predicted octanol–water partition coefficient (Wildman–Crippen LogP) is 2.83. The molecule has 2 atom stereocenters. The molecule has 0 aliphatic heterocycles. The molecule has 0 heterocycles. The number of amides is 1. The van der Waals surface area contributed by atoms with Crippen molar-refractivity contribution in [3.05, 3.63) is 0 Å². The highest BCUT2D eigenvalue weighted by Gasteiger charge is 2.25. The van der Waals surface area contributed by atoms with Crippen LogP contribution in [0.4, 0.5) is 0 Å². The Bertz CT molecular complexity index is 247. The number of hydrogen-bond acceptors (Lipinski definition) is 2. The van der Waals surface area contributed by atoms with Crippen LogP contribution in [0, 0.1) is 11.8 Å². The lowest BCUT2D eigenvalue weighted by atomic mass is 9.85. The second kappa shape index (κ2) is 7.78. The number of nitrogens with one attached hydrogen (secondary N) is 1. The van der Waals surface area contributed by atoms with Crippen LogP contribution in [0.2, 0.25) is 0 Å². The van der Waals surface area contributed by atoms with Crippen LogP contribution in [0.25, 0.3) is 0 Å². The molecular formula is C15H30N2O. The highest BCUT2D eigenvalue weighted by molar-refractivity contribution is 5.76. The molecule has 1 aliphatic carbocycles. The van der Waals surface area contributed by atoms with Crippen molar-refractivity contribution >= 4 is 5.91 Å². The normalized spacial score (nSPS) is 27.7. The van der Waals surface area contributed by atoms with E-state index in [0.717, 1.165) is 31.6 Å². The first-order chi connectivity index (χ1) is 8.56. The SMILES string of the molecule is CCC(C)CC(CC)NC1CCC(C(N)=O)CC1. The minimum Gasteiger partial charge on any atom is -0.369 e. The van der Waals surface area contributed by atoms with Crippen LogP contribution in [0.3, 0.4) is 0 Å². The molecule has 0 aromatic rings. The summed E-state index contributed by atoms with van der Waals surface area (Å²) in [6.45, 7) is 6.85. The first kappa shape index (κ1) is 15.5. The summed E-state index contributed by atoms with van der Waals surface area (Å²) in [5.41, 5.74) is 5.36. The Hall–Kier alpha value is -0.570. The maximum atomic E-state index is 11.1. The molecule has 1 aliphatic rings. The van der Waals surface area contributed by atoms with Gasteiger partial charge in [-0.1, -0.05) is 27.2 Å². The molecule has 0 bridgehead atoms. The zero-order valence-electron chi connectivity index (χ0n) is 12.2. The molecule has 0 saturated heterocycles. The molecule has 1 amide bonds. The van der Waals surface area contributed by atoms with Crippen LogP contribution in [0.15, 0.2) is 0 Å². The van der Waals surface area contributed by atoms with Gasteiger partial charge in [0, 0.05) is 18.0 Å². The Balaban J connectivity index is 2.31. The van der Waals surface area contributed by atoms with Gasteiger partial charge in [-0.3, -0.25) is 4.79 Å². The molecule has 3 heteroatoms. The minimum absolute atomic E-state index is 0.111. The molecule has 106 valence electrons. The zero-order valence-corrected chi connectivity index (χ0v) is 12.2. The smallest absolute Gasteiger partial charge is 0.220 e. The lowest BCUT2D eigenvalue weighted by Gasteiger charge is -2.31. The standard InChI is InChI=1S/C15H30N2O/c1-4-11(3)10-13(5-2)17-14-8-6-12(7-9-14)15(16)18/h11-14,17H,4-10H2,1-3H3,(H2,16,18). The first-order valence-electron chi connectivity index (χ1n) is 7.62. The molecule has 18 heavy (non-hydrogen) atoms. The summed E-state index contributed by atoms with van der Waals surface area (Å²) in [5, 5.41) is 3.78. The van der Waals surface area contributed by atoms with Crippen LogP contribution in [-0.4, -0.2) is 18.0 Å². The Labute approximate surface area is 112 Å². The zero-order chi connectivity index (χ0) is 13.5. The van der Waals surface area contributed by atoms with Crippen molar-refractivity contribution in [2.24, 2.45) is 17.6 Å². The van der Waals surface area contributed by atoms with Gasteiger partial charge < -0.3 is 11.1 Å². The Morgan fingerprint density at radius 2 is 1.83 bits per heavy atom. The molecule has 1 fully saturated rings. The molecule has 0 radical (unpaired) electrons. The molecular weight excluding hydrogens is 224 g/mol. The lowest BCUT2D eigenvalue weighted by molar-refractivity contribution is -0.122. The highest BCUT2D eigenvalue weighted by Crippen LogP contribution is 2.25. The average molecular weight is 254 g/mol. The van der Waals surface area contributed by atoms with Gasteiger partial charge in [0.05, 0.1) is 0 Å². The Morgan fingerprint density at radius 3 is 2.28 bits per heavy atom. The van der Waals surface area contributed by atoms with Gasteiger partial charge in [-0.2, -0.15) is 0 Å². The predicted molar refractivity (Wildman–Crippen MR) is 76.2 cm³/mol. The van der Waals surface area contributed by atoms with E-state index < -0.39 is 0 Å². The van der Waals surface area contributed by atoms with E-state index in [-0.39, 0.29) is 11.8 Å². The van der Waals surface area contributed by atoms with Crippen molar-refractivity contribution in [2.75, 3.05) is 0 Å². The van der Waals surface area contributed by atoms with Gasteiger partial charge in [-0.15, -0.1) is 0 Å². The van der Waals surface area contributed by atoms with Crippen LogP contribution in [0.5, 0.6) is 0 Å². The summed E-state index contributed by atoms with van der Waals surface area (Å²) in [4.78, 5) is 11.1. The van der Waals surface area contributed by atoms with Gasteiger partial charge in [0.25, 0.3) is 0 Å². The highest BCUT2D eigenvalue weighted by atomic mass is 16.1. The quantitative estimate of drug-likeness (QED) is 0.734. The van der Waals surface area contributed by atoms with Crippen molar-refractivity contribution in [1.29, 1.82) is 0 Å². The fraction of sp³-hybridized carbons (Fsp3) is 0.933. The molecule has 0 aromatic carbocycles.